The molecule has 6 nitrogen and oxygen atoms in total. The fourth-order valence-electron chi connectivity index (χ4n) is 1.50. The van der Waals surface area contributed by atoms with Crippen LogP contribution in [0, 0.1) is 0 Å². The van der Waals surface area contributed by atoms with E-state index in [0.717, 1.165) is 4.47 Å². The Morgan fingerprint density at radius 1 is 1.32 bits per heavy atom. The summed E-state index contributed by atoms with van der Waals surface area (Å²) in [5.74, 6) is -0.819. The maximum absolute atomic E-state index is 11.8. The van der Waals surface area contributed by atoms with Gasteiger partial charge in [0, 0.05) is 30.1 Å². The van der Waals surface area contributed by atoms with Gasteiger partial charge in [-0.3, -0.25) is 25.4 Å². The van der Waals surface area contributed by atoms with Gasteiger partial charge in [0.05, 0.1) is 5.56 Å². The Kier molecular flexibility index (Phi) is 3.96. The summed E-state index contributed by atoms with van der Waals surface area (Å²) in [7, 11) is 1.74. The van der Waals surface area contributed by atoms with Crippen LogP contribution in [0.3, 0.4) is 0 Å². The van der Waals surface area contributed by atoms with Gasteiger partial charge in [-0.15, -0.1) is 0 Å². The summed E-state index contributed by atoms with van der Waals surface area (Å²) in [6, 6.07) is 4.91. The molecule has 0 fully saturated rings. The van der Waals surface area contributed by atoms with E-state index in [-0.39, 0.29) is 0 Å². The lowest BCUT2D eigenvalue weighted by molar-refractivity contribution is 0.0842. The van der Waals surface area contributed by atoms with Crippen LogP contribution in [-0.4, -0.2) is 21.4 Å². The summed E-state index contributed by atoms with van der Waals surface area (Å²) in [5, 5.41) is 0. The highest BCUT2D eigenvalue weighted by atomic mass is 79.9. The maximum atomic E-state index is 11.8. The van der Waals surface area contributed by atoms with Gasteiger partial charge in [-0.2, -0.15) is 0 Å². The van der Waals surface area contributed by atoms with Crippen molar-refractivity contribution in [2.45, 2.75) is 0 Å². The molecule has 2 heterocycles. The second-order valence-electron chi connectivity index (χ2n) is 3.80. The van der Waals surface area contributed by atoms with Crippen molar-refractivity contribution in [3.63, 3.8) is 0 Å². The molecule has 0 aliphatic carbocycles. The van der Waals surface area contributed by atoms with E-state index in [1.165, 1.54) is 6.20 Å². The standard InChI is InChI=1S/C12H11BrN4O2/c1-17-7-9(13)5-10(17)12(19)16-15-11(18)8-3-2-4-14-6-8/h2-7H,1H3,(H,15,18)(H,16,19). The third-order valence-corrected chi connectivity index (χ3v) is 2.85. The summed E-state index contributed by atoms with van der Waals surface area (Å²) in [4.78, 5) is 27.3. The van der Waals surface area contributed by atoms with E-state index < -0.39 is 11.8 Å². The number of amides is 2. The predicted octanol–water partition coefficient (Wildman–Crippen LogP) is 1.26. The molecular weight excluding hydrogens is 312 g/mol. The summed E-state index contributed by atoms with van der Waals surface area (Å²) in [5.41, 5.74) is 5.47. The number of hydrogen-bond donors (Lipinski definition) is 2. The second kappa shape index (κ2) is 5.66. The smallest absolute Gasteiger partial charge is 0.286 e. The molecule has 0 saturated heterocycles. The largest absolute Gasteiger partial charge is 0.345 e. The van der Waals surface area contributed by atoms with Gasteiger partial charge in [-0.1, -0.05) is 0 Å². The number of aryl methyl sites for hydroxylation is 1. The van der Waals surface area contributed by atoms with Gasteiger partial charge in [0.1, 0.15) is 5.69 Å². The van der Waals surface area contributed by atoms with Crippen molar-refractivity contribution in [1.29, 1.82) is 0 Å². The van der Waals surface area contributed by atoms with Crippen LogP contribution in [0.25, 0.3) is 0 Å². The lowest BCUT2D eigenvalue weighted by atomic mass is 10.3. The monoisotopic (exact) mass is 322 g/mol. The first-order valence-corrected chi connectivity index (χ1v) is 6.20. The minimum atomic E-state index is -0.422. The number of carbonyl (C=O) groups is 2. The molecule has 0 unspecified atom stereocenters. The fraction of sp³-hybridized carbons (Fsp3) is 0.0833. The Balaban J connectivity index is 1.98. The van der Waals surface area contributed by atoms with Crippen LogP contribution >= 0.6 is 15.9 Å². The number of aromatic nitrogens is 2. The Morgan fingerprint density at radius 2 is 2.05 bits per heavy atom. The number of hydrazine groups is 1. The predicted molar refractivity (Wildman–Crippen MR) is 72.3 cm³/mol. The minimum absolute atomic E-state index is 0.371. The molecule has 0 aromatic carbocycles. The van der Waals surface area contributed by atoms with Crippen LogP contribution in [0.1, 0.15) is 20.8 Å². The maximum Gasteiger partial charge on any atom is 0.286 e. The fourth-order valence-corrected chi connectivity index (χ4v) is 2.02. The van der Waals surface area contributed by atoms with E-state index in [1.54, 1.807) is 42.2 Å². The highest BCUT2D eigenvalue weighted by molar-refractivity contribution is 9.10. The number of nitrogens with zero attached hydrogens (tertiary/aromatic N) is 2. The van der Waals surface area contributed by atoms with E-state index in [1.807, 2.05) is 0 Å². The van der Waals surface area contributed by atoms with Crippen LogP contribution in [0.15, 0.2) is 41.3 Å². The normalized spacial score (nSPS) is 10.0. The number of rotatable bonds is 2. The molecule has 0 radical (unpaired) electrons. The molecule has 2 aromatic heterocycles. The summed E-state index contributed by atoms with van der Waals surface area (Å²) in [6.45, 7) is 0. The summed E-state index contributed by atoms with van der Waals surface area (Å²) in [6.07, 6.45) is 4.73. The van der Waals surface area contributed by atoms with Crippen LogP contribution in [0.5, 0.6) is 0 Å². The van der Waals surface area contributed by atoms with E-state index in [0.29, 0.717) is 11.3 Å². The van der Waals surface area contributed by atoms with Crippen molar-refractivity contribution in [2.75, 3.05) is 0 Å². The first kappa shape index (κ1) is 13.3. The molecule has 2 aromatic rings. The van der Waals surface area contributed by atoms with Crippen molar-refractivity contribution >= 4 is 27.7 Å². The van der Waals surface area contributed by atoms with Crippen LogP contribution in [-0.2, 0) is 7.05 Å². The van der Waals surface area contributed by atoms with Crippen LogP contribution in [0.2, 0.25) is 0 Å². The van der Waals surface area contributed by atoms with Gasteiger partial charge in [-0.25, -0.2) is 0 Å². The summed E-state index contributed by atoms with van der Waals surface area (Å²) < 4.78 is 2.44. The summed E-state index contributed by atoms with van der Waals surface area (Å²) >= 11 is 3.27. The van der Waals surface area contributed by atoms with E-state index in [2.05, 4.69) is 31.8 Å². The molecule has 0 aliphatic rings. The number of hydrogen-bond acceptors (Lipinski definition) is 3. The van der Waals surface area contributed by atoms with Gasteiger partial charge in [-0.05, 0) is 34.1 Å². The third kappa shape index (κ3) is 3.19. The zero-order valence-electron chi connectivity index (χ0n) is 10.1. The van der Waals surface area contributed by atoms with Crippen molar-refractivity contribution < 1.29 is 9.59 Å². The average Bonchev–Trinajstić information content (AvgIpc) is 2.75. The van der Waals surface area contributed by atoms with Crippen molar-refractivity contribution in [3.05, 3.63) is 52.5 Å². The number of pyridine rings is 1. The van der Waals surface area contributed by atoms with E-state index in [4.69, 9.17) is 0 Å². The molecule has 98 valence electrons. The van der Waals surface area contributed by atoms with Gasteiger partial charge in [0.2, 0.25) is 0 Å². The second-order valence-corrected chi connectivity index (χ2v) is 4.72. The molecule has 0 bridgehead atoms. The minimum Gasteiger partial charge on any atom is -0.345 e. The highest BCUT2D eigenvalue weighted by Gasteiger charge is 2.12. The van der Waals surface area contributed by atoms with E-state index >= 15 is 0 Å². The van der Waals surface area contributed by atoms with Crippen molar-refractivity contribution in [2.24, 2.45) is 7.05 Å². The lowest BCUT2D eigenvalue weighted by Crippen LogP contribution is -2.42. The van der Waals surface area contributed by atoms with Crippen molar-refractivity contribution in [3.8, 4) is 0 Å². The van der Waals surface area contributed by atoms with Gasteiger partial charge in [0.15, 0.2) is 0 Å². The van der Waals surface area contributed by atoms with Gasteiger partial charge < -0.3 is 4.57 Å². The molecule has 2 amide bonds. The van der Waals surface area contributed by atoms with Crippen LogP contribution < -0.4 is 10.9 Å². The molecule has 0 saturated carbocycles. The zero-order valence-corrected chi connectivity index (χ0v) is 11.6. The number of carbonyl (C=O) groups excluding carboxylic acids is 2. The first-order chi connectivity index (χ1) is 9.08. The average molecular weight is 323 g/mol. The third-order valence-electron chi connectivity index (χ3n) is 2.42. The molecule has 7 heteroatoms. The Labute approximate surface area is 117 Å². The zero-order chi connectivity index (χ0) is 13.8. The molecular formula is C12H11BrN4O2. The van der Waals surface area contributed by atoms with E-state index in [9.17, 15) is 9.59 Å². The molecule has 0 atom stereocenters. The van der Waals surface area contributed by atoms with Crippen molar-refractivity contribution in [1.82, 2.24) is 20.4 Å². The molecule has 2 N–H and O–H groups in total. The SMILES string of the molecule is Cn1cc(Br)cc1C(=O)NNC(=O)c1cccnc1. The van der Waals surface area contributed by atoms with Crippen LogP contribution in [0.4, 0.5) is 0 Å². The quantitative estimate of drug-likeness (QED) is 0.817. The lowest BCUT2D eigenvalue weighted by Gasteiger charge is -2.07. The Morgan fingerprint density at radius 3 is 2.63 bits per heavy atom. The molecule has 19 heavy (non-hydrogen) atoms. The molecule has 2 rings (SSSR count). The Hall–Kier alpha value is -2.15. The molecule has 0 spiro atoms. The highest BCUT2D eigenvalue weighted by Crippen LogP contribution is 2.13. The first-order valence-electron chi connectivity index (χ1n) is 5.40. The number of halogens is 1. The topological polar surface area (TPSA) is 76.0 Å². The Bertz CT molecular complexity index is 609. The molecule has 0 aliphatic heterocycles. The van der Waals surface area contributed by atoms with Gasteiger partial charge in [0.25, 0.3) is 11.8 Å². The van der Waals surface area contributed by atoms with Gasteiger partial charge >= 0.3 is 0 Å². The number of nitrogens with one attached hydrogen (secondary N) is 2.